The van der Waals surface area contributed by atoms with E-state index in [0.29, 0.717) is 38.3 Å². The van der Waals surface area contributed by atoms with Crippen LogP contribution in [0.5, 0.6) is 0 Å². The molecule has 1 fully saturated rings. The van der Waals surface area contributed by atoms with Crippen molar-refractivity contribution in [2.75, 3.05) is 32.7 Å². The normalized spacial score (nSPS) is 14.9. The van der Waals surface area contributed by atoms with Crippen molar-refractivity contribution in [3.05, 3.63) is 35.4 Å². The zero-order valence-electron chi connectivity index (χ0n) is 17.7. The number of nitrogens with one attached hydrogen (secondary N) is 1. The van der Waals surface area contributed by atoms with Crippen molar-refractivity contribution in [3.8, 4) is 0 Å². The molecule has 0 unspecified atom stereocenters. The van der Waals surface area contributed by atoms with Gasteiger partial charge in [0.2, 0.25) is 11.8 Å². The van der Waals surface area contributed by atoms with Crippen LogP contribution in [0.1, 0.15) is 57.0 Å². The standard InChI is InChI=1S/C22H33N3O3/c1-16(2)21(28)25-14-12-24(13-15-25)19(26)10-11-23-20(27)17-6-8-18(9-7-17)22(3,4)5/h6-9,16H,10-15H2,1-5H3,(H,23,27). The van der Waals surface area contributed by atoms with Gasteiger partial charge in [0.25, 0.3) is 5.91 Å². The maximum atomic E-state index is 12.4. The van der Waals surface area contributed by atoms with E-state index < -0.39 is 0 Å². The number of hydrogen-bond donors (Lipinski definition) is 1. The molecule has 1 aromatic rings. The zero-order chi connectivity index (χ0) is 20.9. The molecule has 1 aromatic carbocycles. The molecule has 1 aliphatic rings. The van der Waals surface area contributed by atoms with Crippen molar-refractivity contribution in [3.63, 3.8) is 0 Å². The Bertz CT molecular complexity index is 697. The van der Waals surface area contributed by atoms with Gasteiger partial charge in [-0.15, -0.1) is 0 Å². The topological polar surface area (TPSA) is 69.7 Å². The van der Waals surface area contributed by atoms with Gasteiger partial charge >= 0.3 is 0 Å². The van der Waals surface area contributed by atoms with E-state index in [-0.39, 0.29) is 35.5 Å². The molecule has 2 rings (SSSR count). The maximum absolute atomic E-state index is 12.4. The highest BCUT2D eigenvalue weighted by molar-refractivity contribution is 5.94. The zero-order valence-corrected chi connectivity index (χ0v) is 17.7. The molecule has 6 nitrogen and oxygen atoms in total. The van der Waals surface area contributed by atoms with Gasteiger partial charge in [-0.25, -0.2) is 0 Å². The van der Waals surface area contributed by atoms with Crippen molar-refractivity contribution < 1.29 is 14.4 Å². The third kappa shape index (κ3) is 5.81. The van der Waals surface area contributed by atoms with Crippen LogP contribution in [0.3, 0.4) is 0 Å². The van der Waals surface area contributed by atoms with Crippen LogP contribution in [0, 0.1) is 5.92 Å². The minimum absolute atomic E-state index is 0.0139. The second-order valence-corrected chi connectivity index (χ2v) is 8.69. The SMILES string of the molecule is CC(C)C(=O)N1CCN(C(=O)CCNC(=O)c2ccc(C(C)(C)C)cc2)CC1. The second-order valence-electron chi connectivity index (χ2n) is 8.69. The fourth-order valence-electron chi connectivity index (χ4n) is 3.21. The molecule has 6 heteroatoms. The van der Waals surface area contributed by atoms with Gasteiger partial charge in [0.15, 0.2) is 0 Å². The average molecular weight is 388 g/mol. The molecular weight excluding hydrogens is 354 g/mol. The monoisotopic (exact) mass is 387 g/mol. The van der Waals surface area contributed by atoms with E-state index in [2.05, 4.69) is 26.1 Å². The third-order valence-corrected chi connectivity index (χ3v) is 5.08. The lowest BCUT2D eigenvalue weighted by Gasteiger charge is -2.35. The van der Waals surface area contributed by atoms with Gasteiger partial charge in [-0.1, -0.05) is 46.8 Å². The number of carbonyl (C=O) groups is 3. The molecule has 0 aliphatic carbocycles. The lowest BCUT2D eigenvalue weighted by molar-refractivity contribution is -0.141. The van der Waals surface area contributed by atoms with Crippen LogP contribution in [-0.2, 0) is 15.0 Å². The Hall–Kier alpha value is -2.37. The Balaban J connectivity index is 1.75. The van der Waals surface area contributed by atoms with Crippen LogP contribution in [0.25, 0.3) is 0 Å². The summed E-state index contributed by atoms with van der Waals surface area (Å²) in [6, 6.07) is 7.58. The summed E-state index contributed by atoms with van der Waals surface area (Å²) in [5.41, 5.74) is 1.82. The minimum atomic E-state index is -0.166. The van der Waals surface area contributed by atoms with Gasteiger partial charge in [0.1, 0.15) is 0 Å². The van der Waals surface area contributed by atoms with E-state index in [1.165, 1.54) is 5.56 Å². The van der Waals surface area contributed by atoms with E-state index in [9.17, 15) is 14.4 Å². The fourth-order valence-corrected chi connectivity index (χ4v) is 3.21. The molecule has 0 bridgehead atoms. The Morgan fingerprint density at radius 1 is 0.964 bits per heavy atom. The molecule has 0 spiro atoms. The second kappa shape index (κ2) is 9.22. The summed E-state index contributed by atoms with van der Waals surface area (Å²) in [5.74, 6) is -0.0348. The number of benzene rings is 1. The van der Waals surface area contributed by atoms with Crippen molar-refractivity contribution in [2.24, 2.45) is 5.92 Å². The van der Waals surface area contributed by atoms with Gasteiger partial charge in [-0.05, 0) is 23.1 Å². The van der Waals surface area contributed by atoms with Crippen LogP contribution >= 0.6 is 0 Å². The lowest BCUT2D eigenvalue weighted by Crippen LogP contribution is -2.51. The van der Waals surface area contributed by atoms with Gasteiger partial charge in [-0.3, -0.25) is 14.4 Å². The molecular formula is C22H33N3O3. The average Bonchev–Trinajstić information content (AvgIpc) is 2.66. The number of nitrogens with zero attached hydrogens (tertiary/aromatic N) is 2. The smallest absolute Gasteiger partial charge is 0.251 e. The summed E-state index contributed by atoms with van der Waals surface area (Å²) in [4.78, 5) is 40.2. The molecule has 1 N–H and O–H groups in total. The molecule has 1 heterocycles. The van der Waals surface area contributed by atoms with Crippen molar-refractivity contribution in [1.29, 1.82) is 0 Å². The first kappa shape index (κ1) is 21.9. The van der Waals surface area contributed by atoms with E-state index >= 15 is 0 Å². The first-order chi connectivity index (χ1) is 13.1. The fraction of sp³-hybridized carbons (Fsp3) is 0.591. The molecule has 3 amide bonds. The number of amides is 3. The molecule has 0 radical (unpaired) electrons. The highest BCUT2D eigenvalue weighted by Crippen LogP contribution is 2.22. The largest absolute Gasteiger partial charge is 0.352 e. The summed E-state index contributed by atoms with van der Waals surface area (Å²) in [5, 5.41) is 2.82. The van der Waals surface area contributed by atoms with Crippen LogP contribution in [0.4, 0.5) is 0 Å². The van der Waals surface area contributed by atoms with E-state index in [4.69, 9.17) is 0 Å². The molecule has 0 saturated carbocycles. The highest BCUT2D eigenvalue weighted by Gasteiger charge is 2.25. The van der Waals surface area contributed by atoms with Crippen LogP contribution in [0.2, 0.25) is 0 Å². The Morgan fingerprint density at radius 2 is 1.50 bits per heavy atom. The Labute approximate surface area is 168 Å². The molecule has 154 valence electrons. The molecule has 1 saturated heterocycles. The van der Waals surface area contributed by atoms with E-state index in [1.54, 1.807) is 4.90 Å². The predicted molar refractivity (Wildman–Crippen MR) is 110 cm³/mol. The van der Waals surface area contributed by atoms with E-state index in [1.807, 2.05) is 43.0 Å². The first-order valence-corrected chi connectivity index (χ1v) is 10.0. The third-order valence-electron chi connectivity index (χ3n) is 5.08. The number of piperazine rings is 1. The van der Waals surface area contributed by atoms with Gasteiger partial charge in [0.05, 0.1) is 0 Å². The van der Waals surface area contributed by atoms with E-state index in [0.717, 1.165) is 0 Å². The summed E-state index contributed by atoms with van der Waals surface area (Å²) < 4.78 is 0. The predicted octanol–water partition coefficient (Wildman–Crippen LogP) is 2.43. The minimum Gasteiger partial charge on any atom is -0.352 e. The van der Waals surface area contributed by atoms with Crippen LogP contribution in [0.15, 0.2) is 24.3 Å². The Morgan fingerprint density at radius 3 is 2.00 bits per heavy atom. The van der Waals surface area contributed by atoms with Crippen molar-refractivity contribution >= 4 is 17.7 Å². The molecule has 1 aliphatic heterocycles. The van der Waals surface area contributed by atoms with Crippen LogP contribution in [-0.4, -0.2) is 60.2 Å². The van der Waals surface area contributed by atoms with Gasteiger partial charge in [-0.2, -0.15) is 0 Å². The lowest BCUT2D eigenvalue weighted by atomic mass is 9.87. The summed E-state index contributed by atoms with van der Waals surface area (Å²) in [7, 11) is 0. The molecule has 0 atom stereocenters. The summed E-state index contributed by atoms with van der Waals surface area (Å²) in [6.07, 6.45) is 0.268. The molecule has 0 aromatic heterocycles. The molecule has 28 heavy (non-hydrogen) atoms. The maximum Gasteiger partial charge on any atom is 0.251 e. The van der Waals surface area contributed by atoms with Gasteiger partial charge in [0, 0.05) is 50.6 Å². The number of rotatable bonds is 5. The van der Waals surface area contributed by atoms with Crippen LogP contribution < -0.4 is 5.32 Å². The highest BCUT2D eigenvalue weighted by atomic mass is 16.2. The quantitative estimate of drug-likeness (QED) is 0.844. The first-order valence-electron chi connectivity index (χ1n) is 10.0. The number of hydrogen-bond acceptors (Lipinski definition) is 3. The van der Waals surface area contributed by atoms with Gasteiger partial charge < -0.3 is 15.1 Å². The number of carbonyl (C=O) groups excluding carboxylic acids is 3. The summed E-state index contributed by atoms with van der Waals surface area (Å²) >= 11 is 0. The van der Waals surface area contributed by atoms with Crippen molar-refractivity contribution in [2.45, 2.75) is 46.5 Å². The summed E-state index contributed by atoms with van der Waals surface area (Å²) in [6.45, 7) is 12.7. The van der Waals surface area contributed by atoms with Crippen molar-refractivity contribution in [1.82, 2.24) is 15.1 Å². The Kier molecular flexibility index (Phi) is 7.22.